The lowest BCUT2D eigenvalue weighted by atomic mass is 10.2. The summed E-state index contributed by atoms with van der Waals surface area (Å²) in [4.78, 5) is 14.6. The smallest absolute Gasteiger partial charge is 0.303 e. The van der Waals surface area contributed by atoms with Crippen LogP contribution in [0, 0.1) is 5.92 Å². The summed E-state index contributed by atoms with van der Waals surface area (Å²) < 4.78 is 5.32. The molecule has 1 N–H and O–H groups in total. The van der Waals surface area contributed by atoms with Crippen molar-refractivity contribution in [1.29, 1.82) is 0 Å². The van der Waals surface area contributed by atoms with Crippen LogP contribution in [0.25, 0.3) is 0 Å². The van der Waals surface area contributed by atoms with Gasteiger partial charge in [0.1, 0.15) is 6.61 Å². The normalized spacial score (nSPS) is 21.5. The van der Waals surface area contributed by atoms with Crippen LogP contribution >= 0.6 is 0 Å². The minimum Gasteiger partial charge on any atom is -0.481 e. The molecule has 13 heavy (non-hydrogen) atoms. The van der Waals surface area contributed by atoms with Gasteiger partial charge in [-0.05, 0) is 6.42 Å². The van der Waals surface area contributed by atoms with Crippen molar-refractivity contribution in [1.82, 2.24) is 0 Å². The van der Waals surface area contributed by atoms with Crippen molar-refractivity contribution in [2.24, 2.45) is 10.9 Å². The molecule has 0 spiro atoms. The highest BCUT2D eigenvalue weighted by atomic mass is 16.5. The van der Waals surface area contributed by atoms with Crippen LogP contribution in [-0.2, 0) is 9.53 Å². The van der Waals surface area contributed by atoms with Crippen molar-refractivity contribution < 1.29 is 14.6 Å². The molecule has 0 saturated carbocycles. The molecule has 0 fully saturated rings. The van der Waals surface area contributed by atoms with E-state index in [0.29, 0.717) is 18.9 Å². The fourth-order valence-electron chi connectivity index (χ4n) is 1.19. The number of aliphatic imine (C=N–C) groups is 1. The monoisotopic (exact) mass is 185 g/mol. The van der Waals surface area contributed by atoms with Crippen molar-refractivity contribution in [2.45, 2.75) is 32.7 Å². The van der Waals surface area contributed by atoms with Gasteiger partial charge < -0.3 is 9.84 Å². The third-order valence-corrected chi connectivity index (χ3v) is 1.92. The lowest BCUT2D eigenvalue weighted by Crippen LogP contribution is -2.09. The van der Waals surface area contributed by atoms with Crippen molar-refractivity contribution in [2.75, 3.05) is 6.61 Å². The summed E-state index contributed by atoms with van der Waals surface area (Å²) in [6.07, 6.45) is 0.744. The van der Waals surface area contributed by atoms with Gasteiger partial charge in [0.05, 0.1) is 6.04 Å². The summed E-state index contributed by atoms with van der Waals surface area (Å²) in [5.41, 5.74) is 0. The van der Waals surface area contributed by atoms with Gasteiger partial charge in [0.15, 0.2) is 5.90 Å². The Bertz CT molecular complexity index is 223. The Balaban J connectivity index is 2.35. The van der Waals surface area contributed by atoms with Gasteiger partial charge in [-0.25, -0.2) is 4.99 Å². The molecular formula is C9H15NO3. The minimum atomic E-state index is -0.770. The summed E-state index contributed by atoms with van der Waals surface area (Å²) in [6, 6.07) is 0.0495. The number of aliphatic carboxylic acids is 1. The second kappa shape index (κ2) is 4.25. The van der Waals surface area contributed by atoms with E-state index in [-0.39, 0.29) is 12.5 Å². The van der Waals surface area contributed by atoms with Crippen LogP contribution in [-0.4, -0.2) is 29.6 Å². The molecule has 0 aromatic heterocycles. The highest BCUT2D eigenvalue weighted by Gasteiger charge is 2.21. The lowest BCUT2D eigenvalue weighted by molar-refractivity contribution is -0.137. The number of carboxylic acid groups (broad SMARTS) is 1. The first kappa shape index (κ1) is 10.0. The lowest BCUT2D eigenvalue weighted by Gasteiger charge is -2.02. The molecule has 0 saturated heterocycles. The van der Waals surface area contributed by atoms with E-state index in [1.807, 2.05) is 13.8 Å². The molecule has 0 radical (unpaired) electrons. The molecule has 0 bridgehead atoms. The molecule has 1 aliphatic rings. The Kier molecular flexibility index (Phi) is 3.28. The molecule has 1 heterocycles. The molecule has 1 rings (SSSR count). The maximum atomic E-state index is 10.3. The fraction of sp³-hybridized carbons (Fsp3) is 0.778. The summed E-state index contributed by atoms with van der Waals surface area (Å²) in [5.74, 6) is 0.290. The van der Waals surface area contributed by atoms with Crippen LogP contribution in [0.2, 0.25) is 0 Å². The molecule has 1 atom stereocenters. The molecule has 4 nitrogen and oxygen atoms in total. The van der Waals surface area contributed by atoms with Gasteiger partial charge in [-0.3, -0.25) is 4.79 Å². The summed E-state index contributed by atoms with van der Waals surface area (Å²) in [6.45, 7) is 4.57. The summed E-state index contributed by atoms with van der Waals surface area (Å²) in [5, 5.41) is 8.46. The highest BCUT2D eigenvalue weighted by Crippen LogP contribution is 2.14. The Hall–Kier alpha value is -1.06. The van der Waals surface area contributed by atoms with E-state index in [1.54, 1.807) is 0 Å². The van der Waals surface area contributed by atoms with Gasteiger partial charge in [0.2, 0.25) is 0 Å². The molecule has 0 aromatic rings. The quantitative estimate of drug-likeness (QED) is 0.718. The number of nitrogens with zero attached hydrogens (tertiary/aromatic N) is 1. The first-order valence-corrected chi connectivity index (χ1v) is 4.52. The molecule has 1 unspecified atom stereocenters. The molecule has 0 aliphatic carbocycles. The van der Waals surface area contributed by atoms with Crippen molar-refractivity contribution >= 4 is 11.9 Å². The van der Waals surface area contributed by atoms with Gasteiger partial charge in [0.25, 0.3) is 0 Å². The molecule has 0 amide bonds. The van der Waals surface area contributed by atoms with E-state index >= 15 is 0 Å². The number of ether oxygens (including phenoxy) is 1. The zero-order valence-corrected chi connectivity index (χ0v) is 7.99. The average molecular weight is 185 g/mol. The second-order valence-electron chi connectivity index (χ2n) is 3.52. The minimum absolute atomic E-state index is 0.0495. The van der Waals surface area contributed by atoms with Crippen LogP contribution in [0.4, 0.5) is 0 Å². The summed E-state index contributed by atoms with van der Waals surface area (Å²) >= 11 is 0. The van der Waals surface area contributed by atoms with Gasteiger partial charge in [-0.15, -0.1) is 0 Å². The molecular weight excluding hydrogens is 170 g/mol. The maximum absolute atomic E-state index is 10.3. The third kappa shape index (κ3) is 3.05. The molecule has 1 aliphatic heterocycles. The van der Waals surface area contributed by atoms with E-state index in [9.17, 15) is 4.79 Å². The largest absolute Gasteiger partial charge is 0.481 e. The van der Waals surface area contributed by atoms with Crippen molar-refractivity contribution in [3.8, 4) is 0 Å². The second-order valence-corrected chi connectivity index (χ2v) is 3.52. The van der Waals surface area contributed by atoms with E-state index in [4.69, 9.17) is 9.84 Å². The van der Waals surface area contributed by atoms with Gasteiger partial charge in [-0.2, -0.15) is 0 Å². The SMILES string of the molecule is CC(C)C1=NC(CCC(=O)O)CO1. The van der Waals surface area contributed by atoms with E-state index in [2.05, 4.69) is 4.99 Å². The standard InChI is InChI=1S/C9H15NO3/c1-6(2)9-10-7(5-13-9)3-4-8(11)12/h6-7H,3-5H2,1-2H3,(H,11,12). The Morgan fingerprint density at radius 3 is 2.92 bits per heavy atom. The summed E-state index contributed by atoms with van der Waals surface area (Å²) in [7, 11) is 0. The highest BCUT2D eigenvalue weighted by molar-refractivity contribution is 5.79. The number of hydrogen-bond acceptors (Lipinski definition) is 3. The zero-order chi connectivity index (χ0) is 9.84. The van der Waals surface area contributed by atoms with E-state index in [1.165, 1.54) is 0 Å². The number of carbonyl (C=O) groups is 1. The fourth-order valence-corrected chi connectivity index (χ4v) is 1.19. The predicted molar refractivity (Wildman–Crippen MR) is 48.9 cm³/mol. The van der Waals surface area contributed by atoms with Crippen LogP contribution in [0.5, 0.6) is 0 Å². The molecule has 74 valence electrons. The first-order valence-electron chi connectivity index (χ1n) is 4.52. The molecule has 0 aromatic carbocycles. The van der Waals surface area contributed by atoms with Crippen LogP contribution in [0.15, 0.2) is 4.99 Å². The Morgan fingerprint density at radius 1 is 1.77 bits per heavy atom. The number of hydrogen-bond donors (Lipinski definition) is 1. The maximum Gasteiger partial charge on any atom is 0.303 e. The molecule has 4 heteroatoms. The van der Waals surface area contributed by atoms with E-state index in [0.717, 1.165) is 5.90 Å². The van der Waals surface area contributed by atoms with E-state index < -0.39 is 5.97 Å². The topological polar surface area (TPSA) is 58.9 Å². The zero-order valence-electron chi connectivity index (χ0n) is 7.99. The third-order valence-electron chi connectivity index (χ3n) is 1.92. The van der Waals surface area contributed by atoms with Crippen molar-refractivity contribution in [3.63, 3.8) is 0 Å². The number of rotatable bonds is 4. The Morgan fingerprint density at radius 2 is 2.46 bits per heavy atom. The van der Waals surface area contributed by atoms with Crippen LogP contribution in [0.3, 0.4) is 0 Å². The van der Waals surface area contributed by atoms with Gasteiger partial charge in [-0.1, -0.05) is 13.8 Å². The van der Waals surface area contributed by atoms with Crippen molar-refractivity contribution in [3.05, 3.63) is 0 Å². The van der Waals surface area contributed by atoms with Gasteiger partial charge >= 0.3 is 5.97 Å². The average Bonchev–Trinajstić information content (AvgIpc) is 2.48. The van der Waals surface area contributed by atoms with Crippen LogP contribution < -0.4 is 0 Å². The van der Waals surface area contributed by atoms with Gasteiger partial charge in [0, 0.05) is 12.3 Å². The number of carboxylic acids is 1. The Labute approximate surface area is 77.6 Å². The first-order chi connectivity index (χ1) is 6.09. The predicted octanol–water partition coefficient (Wildman–Crippen LogP) is 1.30. The van der Waals surface area contributed by atoms with Crippen LogP contribution in [0.1, 0.15) is 26.7 Å².